The maximum absolute atomic E-state index is 12.1. The molecule has 1 N–H and O–H groups in total. The van der Waals surface area contributed by atoms with E-state index in [1.54, 1.807) is 14.2 Å². The highest BCUT2D eigenvalue weighted by Gasteiger charge is 2.32. The van der Waals surface area contributed by atoms with Gasteiger partial charge in [0.1, 0.15) is 0 Å². The lowest BCUT2D eigenvalue weighted by atomic mass is 10.1. The third-order valence-electron chi connectivity index (χ3n) is 4.61. The van der Waals surface area contributed by atoms with Crippen molar-refractivity contribution in [3.63, 3.8) is 0 Å². The minimum absolute atomic E-state index is 0.0716. The van der Waals surface area contributed by atoms with E-state index in [1.807, 2.05) is 18.2 Å². The van der Waals surface area contributed by atoms with E-state index in [9.17, 15) is 9.59 Å². The van der Waals surface area contributed by atoms with Crippen molar-refractivity contribution in [1.82, 2.24) is 5.32 Å². The van der Waals surface area contributed by atoms with E-state index in [4.69, 9.17) is 9.47 Å². The normalized spacial score (nSPS) is 18.4. The average molecular weight is 389 g/mol. The lowest BCUT2D eigenvalue weighted by Crippen LogP contribution is -2.29. The van der Waals surface area contributed by atoms with Crippen molar-refractivity contribution in [1.29, 1.82) is 0 Å². The first-order chi connectivity index (χ1) is 13.1. The van der Waals surface area contributed by atoms with Gasteiger partial charge in [-0.3, -0.25) is 4.79 Å². The van der Waals surface area contributed by atoms with Gasteiger partial charge in [-0.25, -0.2) is 9.79 Å². The molecule has 7 nitrogen and oxygen atoms in total. The number of methoxy groups -OCH3 is 2. The number of nitrogens with zero attached hydrogens (tertiary/aromatic N) is 2. The zero-order chi connectivity index (χ0) is 19.2. The Labute approximate surface area is 162 Å². The molecule has 2 aliphatic rings. The number of aliphatic imine (C=N–C) groups is 2. The molecule has 0 spiro atoms. The van der Waals surface area contributed by atoms with Crippen molar-refractivity contribution in [2.24, 2.45) is 15.9 Å². The fourth-order valence-electron chi connectivity index (χ4n) is 3.25. The van der Waals surface area contributed by atoms with Crippen LogP contribution in [-0.4, -0.2) is 49.2 Å². The Morgan fingerprint density at radius 1 is 1.26 bits per heavy atom. The number of thioether (sulfide) groups is 1. The van der Waals surface area contributed by atoms with Gasteiger partial charge in [0.05, 0.1) is 25.0 Å². The number of amides is 3. The van der Waals surface area contributed by atoms with Crippen LogP contribution in [0.2, 0.25) is 0 Å². The molecule has 27 heavy (non-hydrogen) atoms. The highest BCUT2D eigenvalue weighted by molar-refractivity contribution is 8.14. The van der Waals surface area contributed by atoms with Crippen LogP contribution in [0.1, 0.15) is 24.8 Å². The Balaban J connectivity index is 1.44. The number of urea groups is 1. The van der Waals surface area contributed by atoms with Crippen molar-refractivity contribution in [2.75, 3.05) is 26.5 Å². The number of hydrogen-bond donors (Lipinski definition) is 1. The molecule has 8 heteroatoms. The number of benzene rings is 1. The first-order valence-electron chi connectivity index (χ1n) is 8.91. The number of fused-ring (bicyclic) bond motifs is 1. The van der Waals surface area contributed by atoms with Crippen LogP contribution < -0.4 is 14.8 Å². The Bertz CT molecular complexity index is 791. The van der Waals surface area contributed by atoms with Gasteiger partial charge in [-0.15, -0.1) is 11.8 Å². The van der Waals surface area contributed by atoms with Crippen LogP contribution in [0.15, 0.2) is 28.2 Å². The predicted molar refractivity (Wildman–Crippen MR) is 106 cm³/mol. The SMILES string of the molecule is COc1ccc(CCNC(=O)CSC2=NC(=O)N=C3CCCC32)cc1OC. The Morgan fingerprint density at radius 2 is 2.07 bits per heavy atom. The molecule has 1 aromatic rings. The maximum atomic E-state index is 12.1. The molecule has 1 atom stereocenters. The summed E-state index contributed by atoms with van der Waals surface area (Å²) in [5.41, 5.74) is 1.97. The first-order valence-corrected chi connectivity index (χ1v) is 9.89. The van der Waals surface area contributed by atoms with Crippen LogP contribution in [0, 0.1) is 5.92 Å². The summed E-state index contributed by atoms with van der Waals surface area (Å²) in [7, 11) is 3.19. The van der Waals surface area contributed by atoms with Gasteiger partial charge in [-0.1, -0.05) is 6.07 Å². The van der Waals surface area contributed by atoms with Crippen LogP contribution in [-0.2, 0) is 11.2 Å². The van der Waals surface area contributed by atoms with Gasteiger partial charge in [0.2, 0.25) is 5.91 Å². The van der Waals surface area contributed by atoms with Crippen LogP contribution in [0.4, 0.5) is 4.79 Å². The molecular weight excluding hydrogens is 366 g/mol. The molecule has 1 saturated carbocycles. The van der Waals surface area contributed by atoms with Gasteiger partial charge in [0, 0.05) is 18.2 Å². The molecule has 1 aromatic carbocycles. The van der Waals surface area contributed by atoms with Gasteiger partial charge < -0.3 is 14.8 Å². The Kier molecular flexibility index (Phi) is 6.49. The summed E-state index contributed by atoms with van der Waals surface area (Å²) in [6.45, 7) is 0.524. The topological polar surface area (TPSA) is 89.3 Å². The lowest BCUT2D eigenvalue weighted by molar-refractivity contribution is -0.118. The second kappa shape index (κ2) is 9.03. The number of hydrogen-bond acceptors (Lipinski definition) is 5. The minimum Gasteiger partial charge on any atom is -0.493 e. The molecule has 3 rings (SSSR count). The van der Waals surface area contributed by atoms with Crippen molar-refractivity contribution in [3.05, 3.63) is 23.8 Å². The molecule has 0 radical (unpaired) electrons. The van der Waals surface area contributed by atoms with Gasteiger partial charge in [0.25, 0.3) is 0 Å². The van der Waals surface area contributed by atoms with Gasteiger partial charge in [0.15, 0.2) is 11.5 Å². The van der Waals surface area contributed by atoms with Crippen molar-refractivity contribution >= 4 is 34.5 Å². The molecule has 1 unspecified atom stereocenters. The van der Waals surface area contributed by atoms with Crippen molar-refractivity contribution in [2.45, 2.75) is 25.7 Å². The van der Waals surface area contributed by atoms with E-state index in [0.29, 0.717) is 24.5 Å². The Morgan fingerprint density at radius 3 is 2.85 bits per heavy atom. The summed E-state index contributed by atoms with van der Waals surface area (Å²) in [6, 6.07) is 5.26. The number of carbonyl (C=O) groups is 2. The standard InChI is InChI=1S/C19H23N3O4S/c1-25-15-7-6-12(10-16(15)26-2)8-9-20-17(23)11-27-18-13-4-3-5-14(13)21-19(24)22-18/h6-7,10,13H,3-5,8-9,11H2,1-2H3,(H,20,23). The molecule has 1 heterocycles. The Hall–Kier alpha value is -2.35. The molecule has 3 amide bonds. The van der Waals surface area contributed by atoms with Gasteiger partial charge in [-0.05, 0) is 43.4 Å². The summed E-state index contributed by atoms with van der Waals surface area (Å²) >= 11 is 1.34. The zero-order valence-corrected chi connectivity index (χ0v) is 16.3. The lowest BCUT2D eigenvalue weighted by Gasteiger charge is -2.16. The van der Waals surface area contributed by atoms with E-state index in [1.165, 1.54) is 11.8 Å². The van der Waals surface area contributed by atoms with E-state index in [-0.39, 0.29) is 17.6 Å². The smallest absolute Gasteiger partial charge is 0.367 e. The summed E-state index contributed by atoms with van der Waals surface area (Å²) in [5.74, 6) is 1.66. The molecule has 0 saturated heterocycles. The summed E-state index contributed by atoms with van der Waals surface area (Å²) in [5, 5.41) is 3.64. The van der Waals surface area contributed by atoms with Crippen molar-refractivity contribution < 1.29 is 19.1 Å². The number of nitrogens with one attached hydrogen (secondary N) is 1. The average Bonchev–Trinajstić information content (AvgIpc) is 3.14. The van der Waals surface area contributed by atoms with E-state index < -0.39 is 6.03 Å². The second-order valence-electron chi connectivity index (χ2n) is 6.36. The third-order valence-corrected chi connectivity index (χ3v) is 5.68. The maximum Gasteiger partial charge on any atom is 0.367 e. The quantitative estimate of drug-likeness (QED) is 0.774. The van der Waals surface area contributed by atoms with Crippen molar-refractivity contribution in [3.8, 4) is 11.5 Å². The summed E-state index contributed by atoms with van der Waals surface area (Å²) in [4.78, 5) is 31.7. The second-order valence-corrected chi connectivity index (χ2v) is 7.35. The fourth-order valence-corrected chi connectivity index (χ4v) is 4.23. The third kappa shape index (κ3) is 4.88. The van der Waals surface area contributed by atoms with Crippen LogP contribution in [0.5, 0.6) is 11.5 Å². The molecule has 1 fully saturated rings. The number of ether oxygens (including phenoxy) is 2. The highest BCUT2D eigenvalue weighted by atomic mass is 32.2. The largest absolute Gasteiger partial charge is 0.493 e. The molecule has 1 aliphatic heterocycles. The minimum atomic E-state index is -0.445. The molecule has 1 aliphatic carbocycles. The van der Waals surface area contributed by atoms with Crippen LogP contribution in [0.25, 0.3) is 0 Å². The van der Waals surface area contributed by atoms with Gasteiger partial charge in [-0.2, -0.15) is 4.99 Å². The van der Waals surface area contributed by atoms with Crippen LogP contribution in [0.3, 0.4) is 0 Å². The number of rotatable bonds is 7. The molecular formula is C19H23N3O4S. The molecule has 0 aromatic heterocycles. The zero-order valence-electron chi connectivity index (χ0n) is 15.5. The molecule has 144 valence electrons. The van der Waals surface area contributed by atoms with E-state index >= 15 is 0 Å². The summed E-state index contributed by atoms with van der Waals surface area (Å²) < 4.78 is 10.5. The fraction of sp³-hybridized carbons (Fsp3) is 0.474. The van der Waals surface area contributed by atoms with E-state index in [0.717, 1.165) is 35.6 Å². The highest BCUT2D eigenvalue weighted by Crippen LogP contribution is 2.31. The first kappa shape index (κ1) is 19.4. The predicted octanol–water partition coefficient (Wildman–Crippen LogP) is 2.87. The number of carbonyl (C=O) groups excluding carboxylic acids is 2. The molecule has 0 bridgehead atoms. The summed E-state index contributed by atoms with van der Waals surface area (Å²) in [6.07, 6.45) is 3.52. The van der Waals surface area contributed by atoms with Crippen LogP contribution >= 0.6 is 11.8 Å². The van der Waals surface area contributed by atoms with Gasteiger partial charge >= 0.3 is 6.03 Å². The monoisotopic (exact) mass is 389 g/mol. The van der Waals surface area contributed by atoms with E-state index in [2.05, 4.69) is 15.3 Å².